The maximum absolute atomic E-state index is 11.2. The van der Waals surface area contributed by atoms with Crippen LogP contribution in [-0.4, -0.2) is 33.4 Å². The lowest BCUT2D eigenvalue weighted by molar-refractivity contribution is -0.144. The number of aliphatic carboxylic acids is 1. The van der Waals surface area contributed by atoms with Crippen LogP contribution in [0.25, 0.3) is 10.9 Å². The van der Waals surface area contributed by atoms with Gasteiger partial charge in [-0.15, -0.1) is 0 Å². The summed E-state index contributed by atoms with van der Waals surface area (Å²) in [6, 6.07) is 7.73. The predicted molar refractivity (Wildman–Crippen MR) is 64.8 cm³/mol. The van der Waals surface area contributed by atoms with Crippen LogP contribution in [0.15, 0.2) is 30.5 Å². The number of rotatable bonds is 4. The minimum atomic E-state index is -1.02. The molecule has 2 aromatic rings. The SMILES string of the molecule is CNC(C)(Cn1ncc2ccccc21)C(=O)O. The first kappa shape index (κ1) is 11.6. The fourth-order valence-electron chi connectivity index (χ4n) is 1.71. The Kier molecular flexibility index (Phi) is 2.85. The standard InChI is InChI=1S/C12H15N3O2/c1-12(13-2,11(16)17)8-15-10-6-4-3-5-9(10)7-14-15/h3-7,13H,8H2,1-2H3,(H,16,17). The van der Waals surface area contributed by atoms with Crippen molar-refractivity contribution in [2.45, 2.75) is 19.0 Å². The molecule has 17 heavy (non-hydrogen) atoms. The summed E-state index contributed by atoms with van der Waals surface area (Å²) in [5.41, 5.74) is -0.0790. The van der Waals surface area contributed by atoms with Crippen LogP contribution in [0.2, 0.25) is 0 Å². The van der Waals surface area contributed by atoms with Gasteiger partial charge in [-0.25, -0.2) is 0 Å². The Labute approximate surface area is 99.1 Å². The molecule has 0 aliphatic carbocycles. The van der Waals surface area contributed by atoms with Crippen LogP contribution in [-0.2, 0) is 11.3 Å². The van der Waals surface area contributed by atoms with Crippen LogP contribution < -0.4 is 5.32 Å². The van der Waals surface area contributed by atoms with Gasteiger partial charge in [-0.05, 0) is 20.0 Å². The number of hydrogen-bond donors (Lipinski definition) is 2. The van der Waals surface area contributed by atoms with Crippen LogP contribution in [0.1, 0.15) is 6.92 Å². The molecule has 0 saturated carbocycles. The quantitative estimate of drug-likeness (QED) is 0.829. The van der Waals surface area contributed by atoms with Crippen molar-refractivity contribution in [3.63, 3.8) is 0 Å². The maximum atomic E-state index is 11.2. The van der Waals surface area contributed by atoms with E-state index >= 15 is 0 Å². The summed E-state index contributed by atoms with van der Waals surface area (Å²) in [6.45, 7) is 1.93. The molecule has 0 radical (unpaired) electrons. The molecule has 90 valence electrons. The van der Waals surface area contributed by atoms with Crippen molar-refractivity contribution in [2.24, 2.45) is 0 Å². The average Bonchev–Trinajstić information content (AvgIpc) is 2.72. The summed E-state index contributed by atoms with van der Waals surface area (Å²) in [5.74, 6) is -0.889. The lowest BCUT2D eigenvalue weighted by atomic mass is 10.0. The molecule has 0 spiro atoms. The Morgan fingerprint density at radius 1 is 1.53 bits per heavy atom. The third-order valence-corrected chi connectivity index (χ3v) is 3.04. The molecule has 1 aromatic heterocycles. The van der Waals surface area contributed by atoms with Crippen molar-refractivity contribution in [1.82, 2.24) is 15.1 Å². The summed E-state index contributed by atoms with van der Waals surface area (Å²) >= 11 is 0. The Balaban J connectivity index is 2.38. The van der Waals surface area contributed by atoms with Crippen molar-refractivity contribution in [3.8, 4) is 0 Å². The fraction of sp³-hybridized carbons (Fsp3) is 0.333. The van der Waals surface area contributed by atoms with Crippen LogP contribution in [0.3, 0.4) is 0 Å². The van der Waals surface area contributed by atoms with Gasteiger partial charge in [0.25, 0.3) is 0 Å². The number of aromatic nitrogens is 2. The number of benzene rings is 1. The first-order valence-electron chi connectivity index (χ1n) is 5.40. The van der Waals surface area contributed by atoms with Crippen LogP contribution in [0.4, 0.5) is 0 Å². The second-order valence-corrected chi connectivity index (χ2v) is 4.25. The molecule has 1 heterocycles. The summed E-state index contributed by atoms with van der Waals surface area (Å²) in [7, 11) is 1.64. The number of fused-ring (bicyclic) bond motifs is 1. The van der Waals surface area contributed by atoms with E-state index in [4.69, 9.17) is 0 Å². The number of nitrogens with one attached hydrogen (secondary N) is 1. The molecule has 0 bridgehead atoms. The Hall–Kier alpha value is -1.88. The highest BCUT2D eigenvalue weighted by atomic mass is 16.4. The van der Waals surface area contributed by atoms with E-state index < -0.39 is 11.5 Å². The van der Waals surface area contributed by atoms with Gasteiger partial charge in [0.15, 0.2) is 0 Å². The number of carboxylic acids is 1. The molecular formula is C12H15N3O2. The Morgan fingerprint density at radius 2 is 2.24 bits per heavy atom. The molecular weight excluding hydrogens is 218 g/mol. The van der Waals surface area contributed by atoms with Gasteiger partial charge in [0.05, 0.1) is 18.3 Å². The molecule has 1 atom stereocenters. The molecule has 2 N–H and O–H groups in total. The van der Waals surface area contributed by atoms with E-state index in [1.165, 1.54) is 0 Å². The van der Waals surface area contributed by atoms with Crippen LogP contribution in [0, 0.1) is 0 Å². The third-order valence-electron chi connectivity index (χ3n) is 3.04. The number of nitrogens with zero attached hydrogens (tertiary/aromatic N) is 2. The second kappa shape index (κ2) is 4.18. The van der Waals surface area contributed by atoms with Gasteiger partial charge in [-0.1, -0.05) is 18.2 Å². The molecule has 5 heteroatoms. The van der Waals surface area contributed by atoms with Gasteiger partial charge in [0.1, 0.15) is 5.54 Å². The van der Waals surface area contributed by atoms with Gasteiger partial charge in [-0.3, -0.25) is 9.48 Å². The van der Waals surface area contributed by atoms with Crippen molar-refractivity contribution in [2.75, 3.05) is 7.05 Å². The first-order chi connectivity index (χ1) is 8.07. The molecule has 0 fully saturated rings. The molecule has 0 aliphatic rings. The fourth-order valence-corrected chi connectivity index (χ4v) is 1.71. The predicted octanol–water partition coefficient (Wildman–Crippen LogP) is 1.10. The zero-order chi connectivity index (χ0) is 12.5. The third kappa shape index (κ3) is 2.01. The van der Waals surface area contributed by atoms with Crippen LogP contribution in [0.5, 0.6) is 0 Å². The largest absolute Gasteiger partial charge is 0.480 e. The molecule has 0 amide bonds. The lowest BCUT2D eigenvalue weighted by Crippen LogP contribution is -2.51. The molecule has 0 aliphatic heterocycles. The van der Waals surface area contributed by atoms with Gasteiger partial charge in [0.2, 0.25) is 0 Å². The maximum Gasteiger partial charge on any atom is 0.325 e. The monoisotopic (exact) mass is 233 g/mol. The Morgan fingerprint density at radius 3 is 2.88 bits per heavy atom. The van der Waals surface area contributed by atoms with E-state index in [2.05, 4.69) is 10.4 Å². The van der Waals surface area contributed by atoms with E-state index in [0.717, 1.165) is 10.9 Å². The number of likely N-dealkylation sites (N-methyl/N-ethyl adjacent to an activating group) is 1. The zero-order valence-corrected chi connectivity index (χ0v) is 9.84. The summed E-state index contributed by atoms with van der Waals surface area (Å²) < 4.78 is 1.71. The van der Waals surface area contributed by atoms with Gasteiger partial charge >= 0.3 is 5.97 Å². The van der Waals surface area contributed by atoms with Gasteiger partial charge < -0.3 is 10.4 Å². The Bertz CT molecular complexity index is 549. The second-order valence-electron chi connectivity index (χ2n) is 4.25. The minimum Gasteiger partial charge on any atom is -0.480 e. The molecule has 1 aromatic carbocycles. The van der Waals surface area contributed by atoms with Gasteiger partial charge in [-0.2, -0.15) is 5.10 Å². The van der Waals surface area contributed by atoms with E-state index in [9.17, 15) is 9.90 Å². The topological polar surface area (TPSA) is 67.2 Å². The van der Waals surface area contributed by atoms with Crippen molar-refractivity contribution < 1.29 is 9.90 Å². The van der Waals surface area contributed by atoms with E-state index in [1.54, 1.807) is 24.9 Å². The molecule has 0 saturated heterocycles. The summed E-state index contributed by atoms with van der Waals surface area (Å²) in [6.07, 6.45) is 1.74. The highest BCUT2D eigenvalue weighted by Crippen LogP contribution is 2.16. The van der Waals surface area contributed by atoms with Gasteiger partial charge in [0, 0.05) is 5.39 Å². The molecule has 1 unspecified atom stereocenters. The highest BCUT2D eigenvalue weighted by molar-refractivity contribution is 5.80. The normalized spacial score (nSPS) is 14.7. The van der Waals surface area contributed by atoms with E-state index in [0.29, 0.717) is 0 Å². The number of carboxylic acid groups (broad SMARTS) is 1. The highest BCUT2D eigenvalue weighted by Gasteiger charge is 2.32. The molecule has 5 nitrogen and oxygen atoms in total. The smallest absolute Gasteiger partial charge is 0.325 e. The number of para-hydroxylation sites is 1. The van der Waals surface area contributed by atoms with Crippen molar-refractivity contribution in [3.05, 3.63) is 30.5 Å². The van der Waals surface area contributed by atoms with E-state index in [-0.39, 0.29) is 6.54 Å². The van der Waals surface area contributed by atoms with E-state index in [1.807, 2.05) is 24.3 Å². The molecule has 2 rings (SSSR count). The zero-order valence-electron chi connectivity index (χ0n) is 9.84. The minimum absolute atomic E-state index is 0.284. The number of hydrogen-bond acceptors (Lipinski definition) is 3. The van der Waals surface area contributed by atoms with Crippen LogP contribution >= 0.6 is 0 Å². The lowest BCUT2D eigenvalue weighted by Gasteiger charge is -2.24. The number of carbonyl (C=O) groups is 1. The average molecular weight is 233 g/mol. The summed E-state index contributed by atoms with van der Waals surface area (Å²) in [4.78, 5) is 11.2. The van der Waals surface area contributed by atoms with Crippen molar-refractivity contribution in [1.29, 1.82) is 0 Å². The summed E-state index contributed by atoms with van der Waals surface area (Å²) in [5, 5.41) is 17.3. The van der Waals surface area contributed by atoms with Crippen molar-refractivity contribution >= 4 is 16.9 Å². The first-order valence-corrected chi connectivity index (χ1v) is 5.40.